The van der Waals surface area contributed by atoms with E-state index in [1.54, 1.807) is 6.07 Å². The minimum Gasteiger partial charge on any atom is -0.493 e. The number of aromatic nitrogens is 2. The number of nitrogens with zero attached hydrogens (tertiary/aromatic N) is 3. The van der Waals surface area contributed by atoms with Crippen molar-refractivity contribution in [3.8, 4) is 5.75 Å². The number of hydrogen-bond acceptors (Lipinski definition) is 3. The van der Waals surface area contributed by atoms with Crippen molar-refractivity contribution >= 4 is 22.6 Å². The Balaban J connectivity index is 1.36. The van der Waals surface area contributed by atoms with Crippen LogP contribution in [0.25, 0.3) is 11.0 Å². The van der Waals surface area contributed by atoms with Crippen molar-refractivity contribution in [2.45, 2.75) is 38.4 Å². The van der Waals surface area contributed by atoms with Crippen molar-refractivity contribution < 1.29 is 22.7 Å². The molecule has 4 aromatic rings. The summed E-state index contributed by atoms with van der Waals surface area (Å²) in [5.74, 6) is 1.19. The second kappa shape index (κ2) is 9.68. The van der Waals surface area contributed by atoms with Gasteiger partial charge in [0.05, 0.1) is 23.2 Å². The fourth-order valence-electron chi connectivity index (χ4n) is 4.74. The number of fused-ring (bicyclic) bond motifs is 1. The van der Waals surface area contributed by atoms with Gasteiger partial charge in [0.25, 0.3) is 0 Å². The first-order valence-electron chi connectivity index (χ1n) is 11.9. The van der Waals surface area contributed by atoms with E-state index in [-0.39, 0.29) is 30.5 Å². The van der Waals surface area contributed by atoms with E-state index in [1.165, 1.54) is 11.0 Å². The van der Waals surface area contributed by atoms with Crippen molar-refractivity contribution in [3.05, 3.63) is 89.7 Å². The van der Waals surface area contributed by atoms with E-state index < -0.39 is 11.7 Å². The van der Waals surface area contributed by atoms with Crippen LogP contribution in [-0.2, 0) is 17.5 Å². The molecule has 1 unspecified atom stereocenters. The molecule has 1 fully saturated rings. The van der Waals surface area contributed by atoms with Crippen LogP contribution in [-0.4, -0.2) is 28.6 Å². The average Bonchev–Trinajstić information content (AvgIpc) is 3.43. The summed E-state index contributed by atoms with van der Waals surface area (Å²) in [6, 6.07) is 20.6. The average molecular weight is 494 g/mol. The molecule has 3 aromatic carbocycles. The number of halogens is 3. The van der Waals surface area contributed by atoms with E-state index in [4.69, 9.17) is 9.72 Å². The Hall–Kier alpha value is -3.81. The van der Waals surface area contributed by atoms with Crippen LogP contribution in [0.5, 0.6) is 5.75 Å². The molecule has 1 aliphatic rings. The zero-order valence-electron chi connectivity index (χ0n) is 19.8. The molecule has 0 bridgehead atoms. The van der Waals surface area contributed by atoms with Gasteiger partial charge in [-0.1, -0.05) is 36.4 Å². The topological polar surface area (TPSA) is 47.4 Å². The summed E-state index contributed by atoms with van der Waals surface area (Å²) in [5, 5.41) is 0. The molecule has 1 aliphatic heterocycles. The zero-order chi connectivity index (χ0) is 25.3. The molecule has 36 heavy (non-hydrogen) atoms. The molecule has 8 heteroatoms. The van der Waals surface area contributed by atoms with Gasteiger partial charge in [-0.25, -0.2) is 4.98 Å². The van der Waals surface area contributed by atoms with Gasteiger partial charge in [-0.3, -0.25) is 4.79 Å². The van der Waals surface area contributed by atoms with Crippen LogP contribution in [0.3, 0.4) is 0 Å². The predicted molar refractivity (Wildman–Crippen MR) is 132 cm³/mol. The lowest BCUT2D eigenvalue weighted by atomic mass is 10.1. The molecule has 5 nitrogen and oxygen atoms in total. The van der Waals surface area contributed by atoms with E-state index in [9.17, 15) is 18.0 Å². The molecule has 1 atom stereocenters. The number of benzene rings is 3. The Bertz CT molecular complexity index is 1400. The number of ether oxygens (including phenoxy) is 1. The summed E-state index contributed by atoms with van der Waals surface area (Å²) >= 11 is 0. The van der Waals surface area contributed by atoms with Crippen LogP contribution >= 0.6 is 0 Å². The molecule has 0 saturated carbocycles. The molecule has 5 rings (SSSR count). The standard InChI is InChI=1S/C28H26F3N3O2/c1-19-8-2-5-13-25(19)36-15-7-14-33-24-12-4-3-11-23(24)32-27(33)20-16-26(35)34(18-20)22-10-6-9-21(17-22)28(29,30)31/h2-6,8-13,17,20H,7,14-16,18H2,1H3. The first kappa shape index (κ1) is 23.9. The second-order valence-corrected chi connectivity index (χ2v) is 9.03. The molecule has 0 radical (unpaired) electrons. The third kappa shape index (κ3) is 4.80. The Morgan fingerprint density at radius 3 is 2.61 bits per heavy atom. The highest BCUT2D eigenvalue weighted by atomic mass is 19.4. The quantitative estimate of drug-likeness (QED) is 0.282. The van der Waals surface area contributed by atoms with E-state index in [0.29, 0.717) is 13.2 Å². The molecular weight excluding hydrogens is 467 g/mol. The summed E-state index contributed by atoms with van der Waals surface area (Å²) in [6.45, 7) is 3.46. The lowest BCUT2D eigenvalue weighted by Crippen LogP contribution is -2.25. The van der Waals surface area contributed by atoms with Crippen LogP contribution < -0.4 is 9.64 Å². The summed E-state index contributed by atoms with van der Waals surface area (Å²) in [4.78, 5) is 19.1. The van der Waals surface area contributed by atoms with Crippen molar-refractivity contribution in [1.29, 1.82) is 0 Å². The van der Waals surface area contributed by atoms with Crippen LogP contribution in [0, 0.1) is 6.92 Å². The van der Waals surface area contributed by atoms with Gasteiger partial charge in [0, 0.05) is 31.1 Å². The Morgan fingerprint density at radius 1 is 1.03 bits per heavy atom. The molecule has 1 amide bonds. The van der Waals surface area contributed by atoms with E-state index in [1.807, 2.05) is 55.5 Å². The highest BCUT2D eigenvalue weighted by molar-refractivity contribution is 5.96. The molecular formula is C28H26F3N3O2. The zero-order valence-corrected chi connectivity index (χ0v) is 19.8. The van der Waals surface area contributed by atoms with Crippen molar-refractivity contribution in [1.82, 2.24) is 9.55 Å². The molecule has 0 N–H and O–H groups in total. The lowest BCUT2D eigenvalue weighted by molar-refractivity contribution is -0.137. The molecule has 0 spiro atoms. The number of para-hydroxylation sites is 3. The number of alkyl halides is 3. The van der Waals surface area contributed by atoms with Crippen molar-refractivity contribution in [3.63, 3.8) is 0 Å². The molecule has 1 aromatic heterocycles. The fraction of sp³-hybridized carbons (Fsp3) is 0.286. The highest BCUT2D eigenvalue weighted by Gasteiger charge is 2.36. The van der Waals surface area contributed by atoms with Gasteiger partial charge in [0.1, 0.15) is 11.6 Å². The van der Waals surface area contributed by atoms with E-state index in [0.717, 1.165) is 46.7 Å². The second-order valence-electron chi connectivity index (χ2n) is 9.03. The SMILES string of the molecule is Cc1ccccc1OCCCn1c(C2CC(=O)N(c3cccc(C(F)(F)F)c3)C2)nc2ccccc21. The van der Waals surface area contributed by atoms with Crippen molar-refractivity contribution in [2.75, 3.05) is 18.1 Å². The number of aryl methyl sites for hydroxylation is 2. The van der Waals surface area contributed by atoms with Gasteiger partial charge in [-0.05, 0) is 55.3 Å². The number of amides is 1. The molecule has 2 heterocycles. The Morgan fingerprint density at radius 2 is 1.81 bits per heavy atom. The maximum absolute atomic E-state index is 13.2. The number of rotatable bonds is 7. The van der Waals surface area contributed by atoms with Crippen LogP contribution in [0.1, 0.15) is 35.7 Å². The van der Waals surface area contributed by atoms with Gasteiger partial charge < -0.3 is 14.2 Å². The lowest BCUT2D eigenvalue weighted by Gasteiger charge is -2.19. The van der Waals surface area contributed by atoms with Crippen LogP contribution in [0.15, 0.2) is 72.8 Å². The van der Waals surface area contributed by atoms with E-state index >= 15 is 0 Å². The summed E-state index contributed by atoms with van der Waals surface area (Å²) in [7, 11) is 0. The normalized spacial score (nSPS) is 16.2. The van der Waals surface area contributed by atoms with Gasteiger partial charge in [0.15, 0.2) is 0 Å². The molecule has 0 aliphatic carbocycles. The third-order valence-electron chi connectivity index (χ3n) is 6.54. The largest absolute Gasteiger partial charge is 0.493 e. The number of hydrogen-bond donors (Lipinski definition) is 0. The Kier molecular flexibility index (Phi) is 6.43. The minimum absolute atomic E-state index is 0.194. The Labute approximate surface area is 207 Å². The summed E-state index contributed by atoms with van der Waals surface area (Å²) in [5.41, 5.74) is 2.36. The van der Waals surface area contributed by atoms with Gasteiger partial charge in [-0.15, -0.1) is 0 Å². The third-order valence-corrected chi connectivity index (χ3v) is 6.54. The first-order chi connectivity index (χ1) is 17.3. The van der Waals surface area contributed by atoms with Crippen LogP contribution in [0.2, 0.25) is 0 Å². The number of imidazole rings is 1. The van der Waals surface area contributed by atoms with Crippen LogP contribution in [0.4, 0.5) is 18.9 Å². The monoisotopic (exact) mass is 493 g/mol. The predicted octanol–water partition coefficient (Wildman–Crippen LogP) is 6.35. The van der Waals surface area contributed by atoms with E-state index in [2.05, 4.69) is 4.57 Å². The number of carbonyl (C=O) groups excluding carboxylic acids is 1. The maximum atomic E-state index is 13.2. The van der Waals surface area contributed by atoms with Gasteiger partial charge in [0.2, 0.25) is 5.91 Å². The number of carbonyl (C=O) groups is 1. The highest BCUT2D eigenvalue weighted by Crippen LogP contribution is 2.36. The maximum Gasteiger partial charge on any atom is 0.416 e. The summed E-state index contributed by atoms with van der Waals surface area (Å²) in [6.07, 6.45) is -3.54. The number of anilines is 1. The minimum atomic E-state index is -4.47. The van der Waals surface area contributed by atoms with Gasteiger partial charge in [-0.2, -0.15) is 13.2 Å². The first-order valence-corrected chi connectivity index (χ1v) is 11.9. The van der Waals surface area contributed by atoms with Crippen molar-refractivity contribution in [2.24, 2.45) is 0 Å². The fourth-order valence-corrected chi connectivity index (χ4v) is 4.74. The smallest absolute Gasteiger partial charge is 0.416 e. The molecule has 1 saturated heterocycles. The molecule has 186 valence electrons. The summed E-state index contributed by atoms with van der Waals surface area (Å²) < 4.78 is 47.7. The van der Waals surface area contributed by atoms with Gasteiger partial charge >= 0.3 is 6.18 Å².